The van der Waals surface area contributed by atoms with Crippen molar-refractivity contribution in [3.63, 3.8) is 0 Å². The van der Waals surface area contributed by atoms with E-state index in [-0.39, 0.29) is 6.92 Å². The number of hydrogen-bond donors (Lipinski definition) is 0. The average Bonchev–Trinajstić information content (AvgIpc) is 2.43. The van der Waals surface area contributed by atoms with Crippen LogP contribution in [0, 0.1) is 11.3 Å². The molecular weight excluding hydrogens is 374 g/mol. The first-order chi connectivity index (χ1) is 10.4. The smallest absolute Gasteiger partial charge is 0.200 e. The van der Waals surface area contributed by atoms with Gasteiger partial charge in [0.2, 0.25) is 0 Å². The van der Waals surface area contributed by atoms with Crippen LogP contribution in [0.4, 0.5) is 52.7 Å². The lowest BCUT2D eigenvalue weighted by atomic mass is 9.89. The van der Waals surface area contributed by atoms with E-state index in [1.165, 1.54) is 0 Å². The van der Waals surface area contributed by atoms with Gasteiger partial charge in [-0.1, -0.05) is 6.92 Å². The van der Waals surface area contributed by atoms with E-state index < -0.39 is 54.8 Å². The molecule has 0 fully saturated rings. The molecule has 0 amide bonds. The predicted octanol–water partition coefficient (Wildman–Crippen LogP) is 5.51. The molecule has 0 spiro atoms. The van der Waals surface area contributed by atoms with Crippen molar-refractivity contribution < 1.29 is 52.7 Å². The highest BCUT2D eigenvalue weighted by molar-refractivity contribution is 5.11. The second-order valence-corrected chi connectivity index (χ2v) is 4.72. The first kappa shape index (κ1) is 22.6. The number of nitrogens with zero attached hydrogens (tertiary/aromatic N) is 1. The van der Waals surface area contributed by atoms with Crippen molar-refractivity contribution in [3.8, 4) is 6.07 Å². The van der Waals surface area contributed by atoms with Crippen LogP contribution < -0.4 is 0 Å². The molecule has 0 unspecified atom stereocenters. The van der Waals surface area contributed by atoms with Gasteiger partial charge in [-0.2, -0.15) is 57.9 Å². The van der Waals surface area contributed by atoms with Gasteiger partial charge in [-0.15, -0.1) is 0 Å². The zero-order chi connectivity index (χ0) is 19.8. The van der Waals surface area contributed by atoms with E-state index in [4.69, 9.17) is 5.26 Å². The molecule has 0 aliphatic rings. The predicted molar refractivity (Wildman–Crippen MR) is 54.8 cm³/mol. The molecule has 0 aromatic rings. The van der Waals surface area contributed by atoms with Crippen LogP contribution in [0.2, 0.25) is 0 Å². The Morgan fingerprint density at radius 1 is 0.625 bits per heavy atom. The van der Waals surface area contributed by atoms with Gasteiger partial charge in [0.05, 0.1) is 6.07 Å². The Balaban J connectivity index is 6.16. The molecule has 24 heavy (non-hydrogen) atoms. The number of halogens is 12. The molecule has 0 aliphatic carbocycles. The van der Waals surface area contributed by atoms with E-state index in [2.05, 4.69) is 0 Å². The van der Waals surface area contributed by atoms with Crippen LogP contribution in [0.5, 0.6) is 0 Å². The Morgan fingerprint density at radius 2 is 0.958 bits per heavy atom. The van der Waals surface area contributed by atoms with Gasteiger partial charge in [-0.3, -0.25) is 0 Å². The summed E-state index contributed by atoms with van der Waals surface area (Å²) in [6.07, 6.45) is -6.04. The molecule has 1 nitrogen and oxygen atoms in total. The van der Waals surface area contributed by atoms with Crippen LogP contribution in [0.3, 0.4) is 0 Å². The molecule has 0 aromatic heterocycles. The van der Waals surface area contributed by atoms with Crippen LogP contribution in [0.1, 0.15) is 26.2 Å². The van der Waals surface area contributed by atoms with E-state index in [1.807, 2.05) is 0 Å². The van der Waals surface area contributed by atoms with Gasteiger partial charge in [0.15, 0.2) is 0 Å². The quantitative estimate of drug-likeness (QED) is 0.507. The zero-order valence-electron chi connectivity index (χ0n) is 11.6. The molecular formula is C11H9F12N. The summed E-state index contributed by atoms with van der Waals surface area (Å²) in [6, 6.07) is 0.836. The number of nitriles is 1. The first-order valence-electron chi connectivity index (χ1n) is 6.01. The summed E-state index contributed by atoms with van der Waals surface area (Å²) < 4.78 is 157. The van der Waals surface area contributed by atoms with E-state index in [9.17, 15) is 52.7 Å². The van der Waals surface area contributed by atoms with Crippen LogP contribution in [-0.2, 0) is 0 Å². The molecule has 0 bridgehead atoms. The van der Waals surface area contributed by atoms with Gasteiger partial charge in [-0.05, 0) is 0 Å². The molecule has 0 atom stereocenters. The second-order valence-electron chi connectivity index (χ2n) is 4.72. The maximum absolute atomic E-state index is 13.2. The minimum atomic E-state index is -7.54. The Kier molecular flexibility index (Phi) is 5.83. The lowest BCUT2D eigenvalue weighted by Gasteiger charge is -2.41. The lowest BCUT2D eigenvalue weighted by molar-refractivity contribution is -0.425. The SMILES string of the molecule is CCC(F)(F)C(F)(F)C(F)(F)C(F)(F)C(F)(F)C(F)(F)CCC#N. The summed E-state index contributed by atoms with van der Waals surface area (Å²) in [5.41, 5.74) is 0. The number of alkyl halides is 12. The fraction of sp³-hybridized carbons (Fsp3) is 0.909. The summed E-state index contributed by atoms with van der Waals surface area (Å²) >= 11 is 0. The Labute approximate surface area is 127 Å². The third kappa shape index (κ3) is 2.99. The average molecular weight is 383 g/mol. The van der Waals surface area contributed by atoms with Crippen molar-refractivity contribution in [3.05, 3.63) is 0 Å². The summed E-state index contributed by atoms with van der Waals surface area (Å²) in [6.45, 7) is 0.168. The van der Waals surface area contributed by atoms with Gasteiger partial charge in [0.1, 0.15) is 0 Å². The Bertz CT molecular complexity index is 490. The van der Waals surface area contributed by atoms with E-state index >= 15 is 0 Å². The van der Waals surface area contributed by atoms with Crippen molar-refractivity contribution in [1.29, 1.82) is 5.26 Å². The molecule has 0 aliphatic heterocycles. The van der Waals surface area contributed by atoms with Gasteiger partial charge in [0, 0.05) is 19.3 Å². The van der Waals surface area contributed by atoms with Crippen LogP contribution in [0.25, 0.3) is 0 Å². The minimum absolute atomic E-state index is 0.168. The maximum atomic E-state index is 13.2. The van der Waals surface area contributed by atoms with Crippen molar-refractivity contribution >= 4 is 0 Å². The summed E-state index contributed by atoms with van der Waals surface area (Å²) in [5.74, 6) is -41.1. The van der Waals surface area contributed by atoms with Gasteiger partial charge in [0.25, 0.3) is 0 Å². The highest BCUT2D eigenvalue weighted by Gasteiger charge is 2.89. The van der Waals surface area contributed by atoms with Crippen LogP contribution >= 0.6 is 0 Å². The molecule has 0 rings (SSSR count). The highest BCUT2D eigenvalue weighted by atomic mass is 19.4. The highest BCUT2D eigenvalue weighted by Crippen LogP contribution is 2.60. The molecule has 0 saturated heterocycles. The molecule has 0 aromatic carbocycles. The van der Waals surface area contributed by atoms with Crippen molar-refractivity contribution in [2.45, 2.75) is 61.7 Å². The molecule has 13 heteroatoms. The lowest BCUT2D eigenvalue weighted by Crippen LogP contribution is -2.70. The molecule has 0 heterocycles. The largest absolute Gasteiger partial charge is 0.384 e. The maximum Gasteiger partial charge on any atom is 0.384 e. The van der Waals surface area contributed by atoms with E-state index in [0.717, 1.165) is 6.07 Å². The second kappa shape index (κ2) is 6.18. The number of rotatable bonds is 8. The normalized spacial score (nSPS) is 15.3. The monoisotopic (exact) mass is 383 g/mol. The number of hydrogen-bond acceptors (Lipinski definition) is 1. The topological polar surface area (TPSA) is 23.8 Å². The fourth-order valence-corrected chi connectivity index (χ4v) is 1.45. The zero-order valence-corrected chi connectivity index (χ0v) is 11.6. The van der Waals surface area contributed by atoms with Crippen LogP contribution in [0.15, 0.2) is 0 Å². The standard InChI is InChI=1S/C11H9F12N/c1-2-6(12,13)8(16,17)10(20,21)11(22,23)9(18,19)7(14,15)4-3-5-24/h2-4H2,1H3. The van der Waals surface area contributed by atoms with Crippen molar-refractivity contribution in [1.82, 2.24) is 0 Å². The summed E-state index contributed by atoms with van der Waals surface area (Å²) in [4.78, 5) is 0. The van der Waals surface area contributed by atoms with Crippen LogP contribution in [-0.4, -0.2) is 35.5 Å². The van der Waals surface area contributed by atoms with E-state index in [1.54, 1.807) is 0 Å². The molecule has 0 radical (unpaired) electrons. The molecule has 0 N–H and O–H groups in total. The van der Waals surface area contributed by atoms with Crippen molar-refractivity contribution in [2.24, 2.45) is 0 Å². The van der Waals surface area contributed by atoms with Gasteiger partial charge >= 0.3 is 35.5 Å². The minimum Gasteiger partial charge on any atom is -0.200 e. The van der Waals surface area contributed by atoms with E-state index in [0.29, 0.717) is 0 Å². The van der Waals surface area contributed by atoms with Gasteiger partial charge in [-0.25, -0.2) is 0 Å². The molecule has 142 valence electrons. The fourth-order valence-electron chi connectivity index (χ4n) is 1.45. The third-order valence-electron chi connectivity index (χ3n) is 3.10. The molecule has 0 saturated carbocycles. The van der Waals surface area contributed by atoms with Gasteiger partial charge < -0.3 is 0 Å². The summed E-state index contributed by atoms with van der Waals surface area (Å²) in [7, 11) is 0. The summed E-state index contributed by atoms with van der Waals surface area (Å²) in [5, 5.41) is 7.94. The first-order valence-corrected chi connectivity index (χ1v) is 6.01. The Hall–Kier alpha value is -1.35. The van der Waals surface area contributed by atoms with Crippen molar-refractivity contribution in [2.75, 3.05) is 0 Å². The third-order valence-corrected chi connectivity index (χ3v) is 3.10. The Morgan fingerprint density at radius 3 is 1.25 bits per heavy atom.